The van der Waals surface area contributed by atoms with E-state index in [0.29, 0.717) is 6.54 Å². The number of nitrogens with zero attached hydrogens (tertiary/aromatic N) is 2. The van der Waals surface area contributed by atoms with Gasteiger partial charge in [-0.3, -0.25) is 4.68 Å². The molecule has 0 spiro atoms. The standard InChI is InChI=1S/C11H19N3O2S/c1-10(9-14-8-4-7-12-14)13-17(15,16)11-5-2-3-6-11/h4,7-8,10-11,13H,2-3,5-6,9H2,1H3. The van der Waals surface area contributed by atoms with Crippen molar-refractivity contribution < 1.29 is 8.42 Å². The summed E-state index contributed by atoms with van der Waals surface area (Å²) in [4.78, 5) is 0. The van der Waals surface area contributed by atoms with Crippen molar-refractivity contribution in [1.29, 1.82) is 0 Å². The zero-order chi connectivity index (χ0) is 12.3. The van der Waals surface area contributed by atoms with Crippen LogP contribution in [0, 0.1) is 0 Å². The normalized spacial score (nSPS) is 19.6. The molecule has 0 aromatic carbocycles. The highest BCUT2D eigenvalue weighted by Gasteiger charge is 2.29. The molecule has 1 atom stereocenters. The number of nitrogens with one attached hydrogen (secondary N) is 1. The lowest BCUT2D eigenvalue weighted by atomic mass is 10.4. The fourth-order valence-corrected chi connectivity index (χ4v) is 4.08. The van der Waals surface area contributed by atoms with Crippen molar-refractivity contribution in [2.24, 2.45) is 0 Å². The van der Waals surface area contributed by atoms with Crippen LogP contribution >= 0.6 is 0 Å². The lowest BCUT2D eigenvalue weighted by Crippen LogP contribution is -2.40. The van der Waals surface area contributed by atoms with E-state index in [9.17, 15) is 8.42 Å². The Hall–Kier alpha value is -0.880. The van der Waals surface area contributed by atoms with Gasteiger partial charge in [0.25, 0.3) is 0 Å². The molecule has 1 saturated carbocycles. The third-order valence-electron chi connectivity index (χ3n) is 3.13. The van der Waals surface area contributed by atoms with Crippen LogP contribution in [0.2, 0.25) is 0 Å². The summed E-state index contributed by atoms with van der Waals surface area (Å²) >= 11 is 0. The summed E-state index contributed by atoms with van der Waals surface area (Å²) in [5.41, 5.74) is 0. The Morgan fingerprint density at radius 3 is 2.76 bits per heavy atom. The molecule has 2 rings (SSSR count). The Morgan fingerprint density at radius 2 is 2.18 bits per heavy atom. The van der Waals surface area contributed by atoms with Gasteiger partial charge in [0, 0.05) is 18.4 Å². The quantitative estimate of drug-likeness (QED) is 0.860. The smallest absolute Gasteiger partial charge is 0.214 e. The molecule has 5 nitrogen and oxygen atoms in total. The van der Waals surface area contributed by atoms with Gasteiger partial charge in [-0.05, 0) is 25.8 Å². The first-order valence-electron chi connectivity index (χ1n) is 6.06. The lowest BCUT2D eigenvalue weighted by molar-refractivity contribution is 0.488. The Labute approximate surface area is 102 Å². The Kier molecular flexibility index (Phi) is 3.83. The molecule has 1 fully saturated rings. The van der Waals surface area contributed by atoms with E-state index in [1.54, 1.807) is 10.9 Å². The van der Waals surface area contributed by atoms with Crippen molar-refractivity contribution in [3.8, 4) is 0 Å². The maximum atomic E-state index is 12.0. The molecular formula is C11H19N3O2S. The van der Waals surface area contributed by atoms with Crippen molar-refractivity contribution in [2.75, 3.05) is 0 Å². The molecule has 1 aromatic heterocycles. The average Bonchev–Trinajstić information content (AvgIpc) is 2.87. The molecule has 17 heavy (non-hydrogen) atoms. The Bertz CT molecular complexity index is 435. The topological polar surface area (TPSA) is 64.0 Å². The SMILES string of the molecule is CC(Cn1cccn1)NS(=O)(=O)C1CCCC1. The van der Waals surface area contributed by atoms with Crippen molar-refractivity contribution in [1.82, 2.24) is 14.5 Å². The summed E-state index contributed by atoms with van der Waals surface area (Å²) in [6.45, 7) is 2.44. The minimum absolute atomic E-state index is 0.125. The van der Waals surface area contributed by atoms with Crippen LogP contribution in [0.3, 0.4) is 0 Å². The van der Waals surface area contributed by atoms with E-state index in [1.165, 1.54) is 0 Å². The molecule has 1 aliphatic carbocycles. The third kappa shape index (κ3) is 3.29. The van der Waals surface area contributed by atoms with Gasteiger partial charge >= 0.3 is 0 Å². The molecule has 0 saturated heterocycles. The van der Waals surface area contributed by atoms with E-state index in [0.717, 1.165) is 25.7 Å². The van der Waals surface area contributed by atoms with E-state index in [1.807, 2.05) is 19.2 Å². The third-order valence-corrected chi connectivity index (χ3v) is 5.21. The van der Waals surface area contributed by atoms with Crippen LogP contribution in [0.25, 0.3) is 0 Å². The fourth-order valence-electron chi connectivity index (χ4n) is 2.30. The van der Waals surface area contributed by atoms with Crippen molar-refractivity contribution in [3.05, 3.63) is 18.5 Å². The molecule has 96 valence electrons. The first-order valence-corrected chi connectivity index (χ1v) is 7.61. The highest BCUT2D eigenvalue weighted by Crippen LogP contribution is 2.24. The summed E-state index contributed by atoms with van der Waals surface area (Å²) in [5.74, 6) is 0. The largest absolute Gasteiger partial charge is 0.271 e. The van der Waals surface area contributed by atoms with E-state index in [-0.39, 0.29) is 11.3 Å². The van der Waals surface area contributed by atoms with E-state index >= 15 is 0 Å². The van der Waals surface area contributed by atoms with Crippen LogP contribution in [-0.4, -0.2) is 29.5 Å². The molecule has 0 amide bonds. The monoisotopic (exact) mass is 257 g/mol. The molecule has 1 aromatic rings. The zero-order valence-corrected chi connectivity index (χ0v) is 10.9. The molecule has 1 N–H and O–H groups in total. The van der Waals surface area contributed by atoms with E-state index in [2.05, 4.69) is 9.82 Å². The van der Waals surface area contributed by atoms with Crippen molar-refractivity contribution in [2.45, 2.75) is 50.4 Å². The van der Waals surface area contributed by atoms with Gasteiger partial charge in [-0.2, -0.15) is 5.10 Å². The molecule has 0 aliphatic heterocycles. The second kappa shape index (κ2) is 5.18. The minimum Gasteiger partial charge on any atom is -0.271 e. The van der Waals surface area contributed by atoms with Crippen LogP contribution < -0.4 is 4.72 Å². The van der Waals surface area contributed by atoms with Crippen LogP contribution in [0.1, 0.15) is 32.6 Å². The van der Waals surface area contributed by atoms with Gasteiger partial charge in [-0.15, -0.1) is 0 Å². The maximum absolute atomic E-state index is 12.0. The van der Waals surface area contributed by atoms with Gasteiger partial charge in [-0.25, -0.2) is 13.1 Å². The van der Waals surface area contributed by atoms with Gasteiger partial charge in [-0.1, -0.05) is 12.8 Å². The van der Waals surface area contributed by atoms with E-state index < -0.39 is 10.0 Å². The van der Waals surface area contributed by atoms with Crippen LogP contribution in [0.15, 0.2) is 18.5 Å². The highest BCUT2D eigenvalue weighted by atomic mass is 32.2. The summed E-state index contributed by atoms with van der Waals surface area (Å²) in [5, 5.41) is 3.87. The molecule has 1 heterocycles. The van der Waals surface area contributed by atoms with Crippen molar-refractivity contribution in [3.63, 3.8) is 0 Å². The van der Waals surface area contributed by atoms with Gasteiger partial charge in [0.2, 0.25) is 10.0 Å². The summed E-state index contributed by atoms with van der Waals surface area (Å²) in [6.07, 6.45) is 7.17. The first kappa shape index (κ1) is 12.6. The van der Waals surface area contributed by atoms with Crippen LogP contribution in [-0.2, 0) is 16.6 Å². The second-order valence-electron chi connectivity index (χ2n) is 4.70. The molecule has 0 bridgehead atoms. The number of sulfonamides is 1. The Balaban J connectivity index is 1.91. The summed E-state index contributed by atoms with van der Waals surface area (Å²) in [6, 6.07) is 1.71. The molecule has 6 heteroatoms. The number of hydrogen-bond acceptors (Lipinski definition) is 3. The fraction of sp³-hybridized carbons (Fsp3) is 0.727. The molecular weight excluding hydrogens is 238 g/mol. The first-order chi connectivity index (χ1) is 8.08. The van der Waals surface area contributed by atoms with Crippen molar-refractivity contribution >= 4 is 10.0 Å². The number of rotatable bonds is 5. The van der Waals surface area contributed by atoms with Gasteiger partial charge in [0.05, 0.1) is 11.8 Å². The van der Waals surface area contributed by atoms with Gasteiger partial charge in [0.1, 0.15) is 0 Å². The molecule has 0 radical (unpaired) electrons. The van der Waals surface area contributed by atoms with Crippen LogP contribution in [0.4, 0.5) is 0 Å². The lowest BCUT2D eigenvalue weighted by Gasteiger charge is -2.17. The molecule has 1 unspecified atom stereocenters. The summed E-state index contributed by atoms with van der Waals surface area (Å²) < 4.78 is 28.5. The highest BCUT2D eigenvalue weighted by molar-refractivity contribution is 7.90. The zero-order valence-electron chi connectivity index (χ0n) is 10.0. The van der Waals surface area contributed by atoms with E-state index in [4.69, 9.17) is 0 Å². The predicted molar refractivity (Wildman–Crippen MR) is 66.0 cm³/mol. The number of aromatic nitrogens is 2. The van der Waals surface area contributed by atoms with Gasteiger partial charge < -0.3 is 0 Å². The van der Waals surface area contributed by atoms with Crippen LogP contribution in [0.5, 0.6) is 0 Å². The maximum Gasteiger partial charge on any atom is 0.214 e. The number of hydrogen-bond donors (Lipinski definition) is 1. The Morgan fingerprint density at radius 1 is 1.47 bits per heavy atom. The van der Waals surface area contributed by atoms with Gasteiger partial charge in [0.15, 0.2) is 0 Å². The molecule has 1 aliphatic rings. The second-order valence-corrected chi connectivity index (χ2v) is 6.69. The predicted octanol–water partition coefficient (Wildman–Crippen LogP) is 1.13. The summed E-state index contributed by atoms with van der Waals surface area (Å²) in [7, 11) is -3.15. The average molecular weight is 257 g/mol. The minimum atomic E-state index is -3.15.